The maximum Gasteiger partial charge on any atom is 0.264 e. The van der Waals surface area contributed by atoms with Crippen molar-refractivity contribution in [3.8, 4) is 0 Å². The molecule has 1 aliphatic rings. The van der Waals surface area contributed by atoms with Crippen molar-refractivity contribution in [3.05, 3.63) is 60.2 Å². The second kappa shape index (κ2) is 9.91. The van der Waals surface area contributed by atoms with E-state index in [9.17, 15) is 13.2 Å². The first kappa shape index (κ1) is 22.2. The molecule has 2 N–H and O–H groups in total. The molecule has 0 spiro atoms. The monoisotopic (exact) mass is 423 g/mol. The van der Waals surface area contributed by atoms with Crippen LogP contribution in [0.25, 0.3) is 0 Å². The van der Waals surface area contributed by atoms with Crippen LogP contribution in [-0.4, -0.2) is 40.0 Å². The lowest BCUT2D eigenvalue weighted by molar-refractivity contribution is 0.0929. The van der Waals surface area contributed by atoms with Crippen molar-refractivity contribution in [1.82, 2.24) is 10.6 Å². The maximum absolute atomic E-state index is 13.1. The predicted molar refractivity (Wildman–Crippen MR) is 114 cm³/mol. The summed E-state index contributed by atoms with van der Waals surface area (Å²) < 4.78 is 27.6. The Morgan fingerprint density at radius 1 is 1.11 bits per heavy atom. The summed E-state index contributed by atoms with van der Waals surface area (Å²) in [7, 11) is -3.75. The molecule has 6 nitrogen and oxygen atoms in total. The van der Waals surface area contributed by atoms with Crippen LogP contribution < -0.4 is 14.9 Å². The first-order valence-electron chi connectivity index (χ1n) is 9.22. The van der Waals surface area contributed by atoms with E-state index in [-0.39, 0.29) is 29.3 Å². The lowest BCUT2D eigenvalue weighted by atomic mass is 10.1. The van der Waals surface area contributed by atoms with Gasteiger partial charge in [-0.05, 0) is 63.2 Å². The number of anilines is 1. The highest BCUT2D eigenvalue weighted by Crippen LogP contribution is 2.24. The molecule has 0 aliphatic carbocycles. The minimum atomic E-state index is -3.75. The topological polar surface area (TPSA) is 78.5 Å². The Balaban J connectivity index is 0.00000280. The molecule has 1 aliphatic heterocycles. The van der Waals surface area contributed by atoms with Gasteiger partial charge in [0.25, 0.3) is 15.9 Å². The molecule has 1 fully saturated rings. The predicted octanol–water partition coefficient (Wildman–Crippen LogP) is 2.81. The van der Waals surface area contributed by atoms with E-state index in [1.54, 1.807) is 43.3 Å². The Labute approximate surface area is 172 Å². The Bertz CT molecular complexity index is 885. The molecule has 0 radical (unpaired) electrons. The van der Waals surface area contributed by atoms with Gasteiger partial charge < -0.3 is 10.6 Å². The molecule has 2 aromatic carbocycles. The van der Waals surface area contributed by atoms with E-state index >= 15 is 0 Å². The Hall–Kier alpha value is -2.09. The van der Waals surface area contributed by atoms with Crippen molar-refractivity contribution >= 4 is 34.0 Å². The number of amides is 1. The van der Waals surface area contributed by atoms with Gasteiger partial charge in [0.2, 0.25) is 0 Å². The summed E-state index contributed by atoms with van der Waals surface area (Å²) in [5.74, 6) is -0.235. The third-order valence-electron chi connectivity index (χ3n) is 4.69. The highest BCUT2D eigenvalue weighted by Gasteiger charge is 2.25. The fraction of sp³-hybridized carbons (Fsp3) is 0.350. The van der Waals surface area contributed by atoms with E-state index in [2.05, 4.69) is 10.6 Å². The van der Waals surface area contributed by atoms with Crippen molar-refractivity contribution in [3.63, 3.8) is 0 Å². The SMILES string of the molecule is CCN(c1ccccc1)S(=O)(=O)c1cccc(C(=O)NC2CCNCC2)c1.Cl. The zero-order chi connectivity index (χ0) is 19.3. The standard InChI is InChI=1S/C20H25N3O3S.ClH/c1-2-23(18-8-4-3-5-9-18)27(25,26)19-10-6-7-16(15-19)20(24)22-17-11-13-21-14-12-17;/h3-10,15,17,21H,2,11-14H2,1H3,(H,22,24);1H. The lowest BCUT2D eigenvalue weighted by Gasteiger charge is -2.24. The summed E-state index contributed by atoms with van der Waals surface area (Å²) in [6.45, 7) is 3.85. The van der Waals surface area contributed by atoms with Gasteiger partial charge in [-0.15, -0.1) is 12.4 Å². The van der Waals surface area contributed by atoms with Gasteiger partial charge in [-0.1, -0.05) is 24.3 Å². The Morgan fingerprint density at radius 3 is 2.43 bits per heavy atom. The maximum atomic E-state index is 13.1. The van der Waals surface area contributed by atoms with Crippen LogP contribution in [0.3, 0.4) is 0 Å². The quantitative estimate of drug-likeness (QED) is 0.748. The lowest BCUT2D eigenvalue weighted by Crippen LogP contribution is -2.42. The van der Waals surface area contributed by atoms with Gasteiger partial charge in [-0.2, -0.15) is 0 Å². The first-order valence-corrected chi connectivity index (χ1v) is 10.7. The van der Waals surface area contributed by atoms with Crippen LogP contribution >= 0.6 is 12.4 Å². The molecule has 1 heterocycles. The number of carbonyl (C=O) groups excluding carboxylic acids is 1. The number of rotatable bonds is 6. The highest BCUT2D eigenvalue weighted by molar-refractivity contribution is 7.92. The second-order valence-electron chi connectivity index (χ2n) is 6.53. The fourth-order valence-corrected chi connectivity index (χ4v) is 4.77. The van der Waals surface area contributed by atoms with E-state index in [1.807, 2.05) is 6.07 Å². The van der Waals surface area contributed by atoms with Crippen LogP contribution in [0.1, 0.15) is 30.1 Å². The third-order valence-corrected chi connectivity index (χ3v) is 6.59. The molecule has 0 bridgehead atoms. The van der Waals surface area contributed by atoms with Crippen LogP contribution in [-0.2, 0) is 10.0 Å². The van der Waals surface area contributed by atoms with Crippen LogP contribution in [0.15, 0.2) is 59.5 Å². The molecule has 28 heavy (non-hydrogen) atoms. The molecule has 0 atom stereocenters. The van der Waals surface area contributed by atoms with Crippen LogP contribution in [0.5, 0.6) is 0 Å². The van der Waals surface area contributed by atoms with Gasteiger partial charge in [0.15, 0.2) is 0 Å². The first-order chi connectivity index (χ1) is 13.0. The summed E-state index contributed by atoms with van der Waals surface area (Å²) in [4.78, 5) is 12.7. The number of para-hydroxylation sites is 1. The number of piperidine rings is 1. The highest BCUT2D eigenvalue weighted by atomic mass is 35.5. The van der Waals surface area contributed by atoms with Gasteiger partial charge in [0.05, 0.1) is 10.6 Å². The van der Waals surface area contributed by atoms with Crippen molar-refractivity contribution in [2.75, 3.05) is 23.9 Å². The van der Waals surface area contributed by atoms with Crippen LogP contribution in [0.2, 0.25) is 0 Å². The van der Waals surface area contributed by atoms with Crippen molar-refractivity contribution in [1.29, 1.82) is 0 Å². The van der Waals surface area contributed by atoms with Gasteiger partial charge in [-0.3, -0.25) is 9.10 Å². The van der Waals surface area contributed by atoms with Gasteiger partial charge in [0, 0.05) is 18.2 Å². The van der Waals surface area contributed by atoms with Crippen LogP contribution in [0, 0.1) is 0 Å². The zero-order valence-electron chi connectivity index (χ0n) is 15.8. The minimum Gasteiger partial charge on any atom is -0.349 e. The van der Waals surface area contributed by atoms with Crippen molar-refractivity contribution in [2.24, 2.45) is 0 Å². The number of nitrogens with one attached hydrogen (secondary N) is 2. The van der Waals surface area contributed by atoms with Gasteiger partial charge >= 0.3 is 0 Å². The van der Waals surface area contributed by atoms with Gasteiger partial charge in [0.1, 0.15) is 0 Å². The Kier molecular flexibility index (Phi) is 7.86. The van der Waals surface area contributed by atoms with E-state index in [4.69, 9.17) is 0 Å². The molecular weight excluding hydrogens is 398 g/mol. The number of benzene rings is 2. The van der Waals surface area contributed by atoms with Crippen LogP contribution in [0.4, 0.5) is 5.69 Å². The number of halogens is 1. The molecular formula is C20H26ClN3O3S. The molecule has 0 aromatic heterocycles. The third kappa shape index (κ3) is 5.04. The number of nitrogens with zero attached hydrogens (tertiary/aromatic N) is 1. The average molecular weight is 424 g/mol. The number of carbonyl (C=O) groups is 1. The molecule has 0 unspecified atom stereocenters. The summed E-state index contributed by atoms with van der Waals surface area (Å²) in [6, 6.07) is 15.3. The molecule has 1 saturated heterocycles. The van der Waals surface area contributed by atoms with E-state index in [1.165, 1.54) is 16.4 Å². The number of hydrogen-bond acceptors (Lipinski definition) is 4. The Morgan fingerprint density at radius 2 is 1.79 bits per heavy atom. The molecule has 1 amide bonds. The van der Waals surface area contributed by atoms with E-state index < -0.39 is 10.0 Å². The largest absolute Gasteiger partial charge is 0.349 e. The number of hydrogen-bond donors (Lipinski definition) is 2. The zero-order valence-corrected chi connectivity index (χ0v) is 17.4. The molecule has 8 heteroatoms. The fourth-order valence-electron chi connectivity index (χ4n) is 3.25. The van der Waals surface area contributed by atoms with E-state index in [0.717, 1.165) is 25.9 Å². The van der Waals surface area contributed by atoms with E-state index in [0.29, 0.717) is 17.8 Å². The van der Waals surface area contributed by atoms with Crippen molar-refractivity contribution < 1.29 is 13.2 Å². The molecule has 3 rings (SSSR count). The van der Waals surface area contributed by atoms with Gasteiger partial charge in [-0.25, -0.2) is 8.42 Å². The average Bonchev–Trinajstić information content (AvgIpc) is 2.70. The molecule has 152 valence electrons. The number of sulfonamides is 1. The normalized spacial score (nSPS) is 14.8. The summed E-state index contributed by atoms with van der Waals surface area (Å²) in [5.41, 5.74) is 0.961. The summed E-state index contributed by atoms with van der Waals surface area (Å²) >= 11 is 0. The smallest absolute Gasteiger partial charge is 0.264 e. The minimum absolute atomic E-state index is 0. The summed E-state index contributed by atoms with van der Waals surface area (Å²) in [5, 5.41) is 6.26. The second-order valence-corrected chi connectivity index (χ2v) is 8.39. The molecule has 2 aromatic rings. The van der Waals surface area contributed by atoms with Crippen molar-refractivity contribution in [2.45, 2.75) is 30.7 Å². The molecule has 0 saturated carbocycles. The summed E-state index contributed by atoms with van der Waals surface area (Å²) in [6.07, 6.45) is 1.75.